The lowest BCUT2D eigenvalue weighted by Gasteiger charge is -1.90. The van der Waals surface area contributed by atoms with Gasteiger partial charge in [0, 0.05) is 0 Å². The molecule has 16 heavy (non-hydrogen) atoms. The summed E-state index contributed by atoms with van der Waals surface area (Å²) in [6, 6.07) is 8.45. The van der Waals surface area contributed by atoms with E-state index in [1.807, 2.05) is 0 Å². The van der Waals surface area contributed by atoms with E-state index in [1.165, 1.54) is 22.9 Å². The summed E-state index contributed by atoms with van der Waals surface area (Å²) >= 11 is 5.85. The molecule has 0 unspecified atom stereocenters. The first-order chi connectivity index (χ1) is 7.49. The molecule has 84 valence electrons. The molecule has 1 aromatic carbocycles. The minimum atomic E-state index is -0.167. The predicted octanol–water partition coefficient (Wildman–Crippen LogP) is 2.95. The van der Waals surface area contributed by atoms with Crippen molar-refractivity contribution < 1.29 is 4.79 Å². The quantitative estimate of drug-likeness (QED) is 0.568. The van der Waals surface area contributed by atoms with E-state index in [-0.39, 0.29) is 5.91 Å². The lowest BCUT2D eigenvalue weighted by molar-refractivity contribution is -0.115. The molecule has 1 amide bonds. The van der Waals surface area contributed by atoms with Crippen molar-refractivity contribution in [2.75, 3.05) is 0 Å². The molecule has 0 saturated carbocycles. The van der Waals surface area contributed by atoms with Crippen molar-refractivity contribution in [1.82, 2.24) is 5.32 Å². The second-order valence-electron chi connectivity index (χ2n) is 3.42. The van der Waals surface area contributed by atoms with Crippen molar-refractivity contribution in [3.05, 3.63) is 46.9 Å². The fourth-order valence-corrected chi connectivity index (χ4v) is 2.06. The maximum absolute atomic E-state index is 10.5. The van der Waals surface area contributed by atoms with Gasteiger partial charge < -0.3 is 5.32 Å². The van der Waals surface area contributed by atoms with E-state index in [4.69, 9.17) is 0 Å². The standard InChI is InChI=1S/C8H10.C4H3NOS2/c1-7-4-3-5-8(2)6-7;1-2-3(6)5-4(7)8-2/h3-6H,1-2H3;1H2,(H,5,6,7). The van der Waals surface area contributed by atoms with E-state index in [2.05, 4.69) is 62.2 Å². The van der Waals surface area contributed by atoms with Gasteiger partial charge >= 0.3 is 0 Å². The average Bonchev–Trinajstić information content (AvgIpc) is 2.44. The minimum Gasteiger partial charge on any atom is -0.307 e. The normalized spacial score (nSPS) is 14.2. The van der Waals surface area contributed by atoms with Crippen LogP contribution in [0.5, 0.6) is 0 Å². The third kappa shape index (κ3) is 4.16. The van der Waals surface area contributed by atoms with Gasteiger partial charge in [0.2, 0.25) is 0 Å². The first-order valence-electron chi connectivity index (χ1n) is 4.74. The summed E-state index contributed by atoms with van der Waals surface area (Å²) in [7, 11) is 0. The van der Waals surface area contributed by atoms with Gasteiger partial charge in [0.25, 0.3) is 5.91 Å². The summed E-state index contributed by atoms with van der Waals surface area (Å²) < 4.78 is 0.500. The zero-order chi connectivity index (χ0) is 12.1. The summed E-state index contributed by atoms with van der Waals surface area (Å²) in [4.78, 5) is 10.9. The van der Waals surface area contributed by atoms with E-state index in [0.29, 0.717) is 9.23 Å². The van der Waals surface area contributed by atoms with Gasteiger partial charge in [-0.25, -0.2) is 0 Å². The Kier molecular flexibility index (Phi) is 4.71. The van der Waals surface area contributed by atoms with Crippen molar-refractivity contribution in [3.63, 3.8) is 0 Å². The topological polar surface area (TPSA) is 29.1 Å². The maximum atomic E-state index is 10.5. The Morgan fingerprint density at radius 2 is 1.88 bits per heavy atom. The molecule has 2 nitrogen and oxygen atoms in total. The van der Waals surface area contributed by atoms with E-state index >= 15 is 0 Å². The highest BCUT2D eigenvalue weighted by Gasteiger charge is 2.18. The highest BCUT2D eigenvalue weighted by Crippen LogP contribution is 2.20. The van der Waals surface area contributed by atoms with Gasteiger partial charge in [-0.1, -0.05) is 66.0 Å². The largest absolute Gasteiger partial charge is 0.307 e. The number of nitrogens with one attached hydrogen (secondary N) is 1. The fraction of sp³-hybridized carbons (Fsp3) is 0.167. The van der Waals surface area contributed by atoms with E-state index in [9.17, 15) is 4.79 Å². The summed E-state index contributed by atoms with van der Waals surface area (Å²) in [5, 5.41) is 2.42. The zero-order valence-electron chi connectivity index (χ0n) is 9.24. The molecule has 0 spiro atoms. The molecule has 0 aromatic heterocycles. The summed E-state index contributed by atoms with van der Waals surface area (Å²) in [5.41, 5.74) is 2.68. The van der Waals surface area contributed by atoms with Crippen LogP contribution in [0.15, 0.2) is 35.7 Å². The Morgan fingerprint density at radius 1 is 1.31 bits per heavy atom. The zero-order valence-corrected chi connectivity index (χ0v) is 10.9. The van der Waals surface area contributed by atoms with Crippen LogP contribution in [0.1, 0.15) is 11.1 Å². The molecule has 1 aliphatic rings. The van der Waals surface area contributed by atoms with Crippen molar-refractivity contribution in [1.29, 1.82) is 0 Å². The number of benzene rings is 1. The van der Waals surface area contributed by atoms with Crippen molar-refractivity contribution in [2.24, 2.45) is 0 Å². The van der Waals surface area contributed by atoms with Crippen molar-refractivity contribution >= 4 is 34.2 Å². The summed E-state index contributed by atoms with van der Waals surface area (Å²) in [5.74, 6) is -0.167. The summed E-state index contributed by atoms with van der Waals surface area (Å²) in [6.45, 7) is 7.66. The monoisotopic (exact) mass is 251 g/mol. The Labute approximate surface area is 105 Å². The molecule has 1 aliphatic heterocycles. The van der Waals surface area contributed by atoms with E-state index in [1.54, 1.807) is 0 Å². The maximum Gasteiger partial charge on any atom is 0.262 e. The van der Waals surface area contributed by atoms with Crippen LogP contribution in [-0.2, 0) is 4.79 Å². The number of amides is 1. The Morgan fingerprint density at radius 3 is 2.06 bits per heavy atom. The molecular formula is C12H13NOS2. The summed E-state index contributed by atoms with van der Waals surface area (Å²) in [6.07, 6.45) is 0. The van der Waals surface area contributed by atoms with Crippen LogP contribution in [0.3, 0.4) is 0 Å². The van der Waals surface area contributed by atoms with Gasteiger partial charge in [-0.15, -0.1) is 0 Å². The number of thiocarbonyl (C=S) groups is 1. The fourth-order valence-electron chi connectivity index (χ4n) is 1.15. The van der Waals surface area contributed by atoms with Gasteiger partial charge in [0.15, 0.2) is 0 Å². The van der Waals surface area contributed by atoms with Crippen LogP contribution in [0.4, 0.5) is 0 Å². The van der Waals surface area contributed by atoms with Gasteiger partial charge in [-0.3, -0.25) is 4.79 Å². The first-order valence-corrected chi connectivity index (χ1v) is 5.97. The molecule has 1 N–H and O–H groups in total. The molecule has 1 fully saturated rings. The number of thioether (sulfide) groups is 1. The highest BCUT2D eigenvalue weighted by molar-refractivity contribution is 8.26. The van der Waals surface area contributed by atoms with Crippen LogP contribution in [0.25, 0.3) is 0 Å². The van der Waals surface area contributed by atoms with Crippen molar-refractivity contribution in [2.45, 2.75) is 13.8 Å². The molecule has 4 heteroatoms. The highest BCUT2D eigenvalue weighted by atomic mass is 32.2. The average molecular weight is 251 g/mol. The molecule has 0 bridgehead atoms. The first kappa shape index (κ1) is 12.9. The number of hydrogen-bond acceptors (Lipinski definition) is 3. The molecular weight excluding hydrogens is 238 g/mol. The molecule has 0 radical (unpaired) electrons. The third-order valence-corrected chi connectivity index (χ3v) is 2.93. The Hall–Kier alpha value is -1.13. The lowest BCUT2D eigenvalue weighted by atomic mass is 10.2. The Balaban J connectivity index is 0.000000160. The lowest BCUT2D eigenvalue weighted by Crippen LogP contribution is -2.17. The van der Waals surface area contributed by atoms with Crippen LogP contribution in [0.2, 0.25) is 0 Å². The van der Waals surface area contributed by atoms with Gasteiger partial charge in [-0.05, 0) is 13.8 Å². The van der Waals surface area contributed by atoms with Crippen LogP contribution < -0.4 is 5.32 Å². The molecule has 0 atom stereocenters. The third-order valence-electron chi connectivity index (χ3n) is 1.86. The van der Waals surface area contributed by atoms with Gasteiger partial charge in [0.05, 0.1) is 4.91 Å². The number of rotatable bonds is 0. The molecule has 1 aromatic rings. The molecule has 1 saturated heterocycles. The molecule has 2 rings (SSSR count). The second kappa shape index (κ2) is 5.82. The minimum absolute atomic E-state index is 0.167. The van der Waals surface area contributed by atoms with Crippen LogP contribution >= 0.6 is 24.0 Å². The van der Waals surface area contributed by atoms with Crippen LogP contribution in [0, 0.1) is 13.8 Å². The number of aryl methyl sites for hydroxylation is 2. The number of carbonyl (C=O) groups excluding carboxylic acids is 1. The van der Waals surface area contributed by atoms with Crippen molar-refractivity contribution in [3.8, 4) is 0 Å². The SMILES string of the molecule is C=C1SC(=S)NC1=O.Cc1cccc(C)c1. The molecule has 0 aliphatic carbocycles. The Bertz CT molecular complexity index is 405. The second-order valence-corrected chi connectivity index (χ2v) is 5.20. The van der Waals surface area contributed by atoms with Gasteiger partial charge in [0.1, 0.15) is 4.32 Å². The van der Waals surface area contributed by atoms with Gasteiger partial charge in [-0.2, -0.15) is 0 Å². The molecule has 1 heterocycles. The smallest absolute Gasteiger partial charge is 0.262 e. The van der Waals surface area contributed by atoms with E-state index in [0.717, 1.165) is 0 Å². The van der Waals surface area contributed by atoms with Crippen LogP contribution in [-0.4, -0.2) is 10.2 Å². The predicted molar refractivity (Wildman–Crippen MR) is 73.4 cm³/mol. The number of carbonyl (C=O) groups is 1. The van der Waals surface area contributed by atoms with E-state index < -0.39 is 0 Å². The number of hydrogen-bond donors (Lipinski definition) is 1.